The molecule has 0 saturated heterocycles. The molecule has 0 radical (unpaired) electrons. The van der Waals surface area contributed by atoms with Crippen LogP contribution in [0.15, 0.2) is 176 Å². The van der Waals surface area contributed by atoms with Gasteiger partial charge in [0.15, 0.2) is 34.9 Å². The summed E-state index contributed by atoms with van der Waals surface area (Å²) in [7, 11) is 0. The molecule has 0 spiro atoms. The third-order valence-electron chi connectivity index (χ3n) is 10.7. The van der Waals surface area contributed by atoms with Gasteiger partial charge in [-0.15, -0.1) is 0 Å². The fourth-order valence-electron chi connectivity index (χ4n) is 7.70. The number of rotatable bonds is 7. The van der Waals surface area contributed by atoms with Crippen LogP contribution in [0.2, 0.25) is 0 Å². The molecule has 282 valence electrons. The number of nitrogens with zero attached hydrogens (tertiary/aromatic N) is 6. The lowest BCUT2D eigenvalue weighted by molar-refractivity contribution is 0.106. The van der Waals surface area contributed by atoms with Crippen molar-refractivity contribution >= 4 is 0 Å². The average molecular weight is 763 g/mol. The van der Waals surface area contributed by atoms with Gasteiger partial charge in [-0.2, -0.15) is 0 Å². The minimum absolute atomic E-state index is 0.519. The second-order valence-electron chi connectivity index (χ2n) is 15.2. The van der Waals surface area contributed by atoms with Crippen LogP contribution in [-0.2, 0) is 5.60 Å². The molecule has 1 aliphatic heterocycles. The molecule has 2 aromatic heterocycles. The van der Waals surface area contributed by atoms with Crippen LogP contribution in [0.3, 0.4) is 0 Å². The van der Waals surface area contributed by atoms with Gasteiger partial charge >= 0.3 is 0 Å². The van der Waals surface area contributed by atoms with Gasteiger partial charge in [-0.1, -0.05) is 169 Å². The fourth-order valence-corrected chi connectivity index (χ4v) is 7.70. The van der Waals surface area contributed by atoms with Crippen LogP contribution in [0.5, 0.6) is 5.75 Å². The monoisotopic (exact) mass is 762 g/mol. The second-order valence-corrected chi connectivity index (χ2v) is 15.2. The van der Waals surface area contributed by atoms with Gasteiger partial charge in [-0.25, -0.2) is 29.9 Å². The maximum atomic E-state index is 6.80. The van der Waals surface area contributed by atoms with Crippen LogP contribution in [0.25, 0.3) is 90.6 Å². The summed E-state index contributed by atoms with van der Waals surface area (Å²) in [4.78, 5) is 30.5. The summed E-state index contributed by atoms with van der Waals surface area (Å²) < 4.78 is 6.80. The smallest absolute Gasteiger partial charge is 0.164 e. The molecule has 0 aliphatic carbocycles. The van der Waals surface area contributed by atoms with Gasteiger partial charge < -0.3 is 4.74 Å². The van der Waals surface area contributed by atoms with E-state index in [9.17, 15) is 0 Å². The molecule has 0 saturated carbocycles. The second kappa shape index (κ2) is 14.7. The fraction of sp³-hybridized carbons (Fsp3) is 0.0769. The number of hydrogen-bond donors (Lipinski definition) is 0. The zero-order valence-corrected chi connectivity index (χ0v) is 32.8. The molecular weight excluding hydrogens is 725 g/mol. The Morgan fingerprint density at radius 3 is 1.24 bits per heavy atom. The van der Waals surface area contributed by atoms with E-state index in [0.717, 1.165) is 55.8 Å². The Kier molecular flexibility index (Phi) is 8.91. The Hall–Kier alpha value is -7.64. The predicted octanol–water partition coefficient (Wildman–Crippen LogP) is 12.3. The van der Waals surface area contributed by atoms with Crippen LogP contribution < -0.4 is 4.74 Å². The standard InChI is InChI=1S/C52H38N6O/c1-33-24-27-41-42-29-25-38(32-45(42)59-52(2,3)44(41)30-33)40-28-26-39(50-55-46(34-16-8-4-9-17-34)53-47(56-50)35-18-10-5-11-19-35)31-43(40)51-57-48(36-20-12-6-13-21-36)54-49(58-51)37-22-14-7-15-23-37/h4-32H,1-3H3. The Bertz CT molecular complexity index is 2870. The number of ether oxygens (including phenoxy) is 1. The summed E-state index contributed by atoms with van der Waals surface area (Å²) in [6.45, 7) is 6.38. The van der Waals surface area contributed by atoms with E-state index in [2.05, 4.69) is 75.4 Å². The number of aryl methyl sites for hydroxylation is 1. The zero-order chi connectivity index (χ0) is 39.9. The minimum atomic E-state index is -0.519. The molecular formula is C52H38N6O. The highest BCUT2D eigenvalue weighted by Crippen LogP contribution is 2.47. The number of hydrogen-bond acceptors (Lipinski definition) is 7. The predicted molar refractivity (Wildman–Crippen MR) is 235 cm³/mol. The highest BCUT2D eigenvalue weighted by atomic mass is 16.5. The Morgan fingerprint density at radius 2 is 0.746 bits per heavy atom. The Balaban J connectivity index is 1.21. The van der Waals surface area contributed by atoms with E-state index in [4.69, 9.17) is 34.6 Å². The van der Waals surface area contributed by atoms with Crippen molar-refractivity contribution in [2.45, 2.75) is 26.4 Å². The minimum Gasteiger partial charge on any atom is -0.482 e. The van der Waals surface area contributed by atoms with E-state index in [0.29, 0.717) is 34.9 Å². The number of benzene rings is 7. The lowest BCUT2D eigenvalue weighted by Gasteiger charge is -2.35. The topological polar surface area (TPSA) is 86.6 Å². The molecule has 10 rings (SSSR count). The Labute approximate surface area is 343 Å². The summed E-state index contributed by atoms with van der Waals surface area (Å²) in [6.07, 6.45) is 0. The lowest BCUT2D eigenvalue weighted by atomic mass is 9.84. The van der Waals surface area contributed by atoms with Crippen molar-refractivity contribution in [1.29, 1.82) is 0 Å². The average Bonchev–Trinajstić information content (AvgIpc) is 3.29. The highest BCUT2D eigenvalue weighted by Gasteiger charge is 2.33. The third kappa shape index (κ3) is 6.93. The molecule has 0 bridgehead atoms. The first-order valence-corrected chi connectivity index (χ1v) is 19.7. The molecule has 0 fully saturated rings. The third-order valence-corrected chi connectivity index (χ3v) is 10.7. The largest absolute Gasteiger partial charge is 0.482 e. The van der Waals surface area contributed by atoms with Crippen molar-refractivity contribution in [3.63, 3.8) is 0 Å². The van der Waals surface area contributed by atoms with Crippen molar-refractivity contribution in [2.75, 3.05) is 0 Å². The summed E-state index contributed by atoms with van der Waals surface area (Å²) in [5, 5.41) is 0. The quantitative estimate of drug-likeness (QED) is 0.160. The van der Waals surface area contributed by atoms with Crippen molar-refractivity contribution < 1.29 is 4.74 Å². The van der Waals surface area contributed by atoms with E-state index >= 15 is 0 Å². The molecule has 3 heterocycles. The zero-order valence-electron chi connectivity index (χ0n) is 32.8. The van der Waals surface area contributed by atoms with Gasteiger partial charge in [-0.3, -0.25) is 0 Å². The Morgan fingerprint density at radius 1 is 0.339 bits per heavy atom. The van der Waals surface area contributed by atoms with Crippen molar-refractivity contribution in [2.24, 2.45) is 0 Å². The molecule has 0 N–H and O–H groups in total. The van der Waals surface area contributed by atoms with Gasteiger partial charge in [0, 0.05) is 44.5 Å². The number of aromatic nitrogens is 6. The van der Waals surface area contributed by atoms with E-state index < -0.39 is 5.60 Å². The van der Waals surface area contributed by atoms with Gasteiger partial charge in [0.25, 0.3) is 0 Å². The van der Waals surface area contributed by atoms with Crippen LogP contribution >= 0.6 is 0 Å². The van der Waals surface area contributed by atoms with Gasteiger partial charge in [0.2, 0.25) is 0 Å². The van der Waals surface area contributed by atoms with Crippen molar-refractivity contribution in [3.05, 3.63) is 187 Å². The molecule has 1 aliphatic rings. The molecule has 59 heavy (non-hydrogen) atoms. The van der Waals surface area contributed by atoms with Crippen molar-refractivity contribution in [3.8, 4) is 96.3 Å². The molecule has 0 amide bonds. The van der Waals surface area contributed by atoms with E-state index in [1.54, 1.807) is 0 Å². The van der Waals surface area contributed by atoms with Gasteiger partial charge in [0.1, 0.15) is 11.4 Å². The summed E-state index contributed by atoms with van der Waals surface area (Å²) >= 11 is 0. The van der Waals surface area contributed by atoms with Crippen molar-refractivity contribution in [1.82, 2.24) is 29.9 Å². The van der Waals surface area contributed by atoms with Gasteiger partial charge in [-0.05, 0) is 49.6 Å². The summed E-state index contributed by atoms with van der Waals surface area (Å²) in [6, 6.07) is 59.4. The van der Waals surface area contributed by atoms with E-state index in [1.165, 1.54) is 16.7 Å². The first kappa shape index (κ1) is 35.8. The van der Waals surface area contributed by atoms with Gasteiger partial charge in [0.05, 0.1) is 0 Å². The molecule has 7 aromatic carbocycles. The lowest BCUT2D eigenvalue weighted by Crippen LogP contribution is -2.29. The van der Waals surface area contributed by atoms with Crippen LogP contribution in [0.1, 0.15) is 25.0 Å². The van der Waals surface area contributed by atoms with Crippen LogP contribution in [0, 0.1) is 6.92 Å². The molecule has 0 atom stereocenters. The number of fused-ring (bicyclic) bond motifs is 3. The first-order valence-electron chi connectivity index (χ1n) is 19.7. The van der Waals surface area contributed by atoms with E-state index in [1.807, 2.05) is 121 Å². The normalized spacial score (nSPS) is 12.6. The maximum absolute atomic E-state index is 6.80. The molecule has 0 unspecified atom stereocenters. The SMILES string of the molecule is Cc1ccc2c(c1)C(C)(C)Oc1cc(-c3ccc(-c4nc(-c5ccccc5)nc(-c5ccccc5)n4)cc3-c3nc(-c4ccccc4)nc(-c4ccccc4)n3)ccc1-2. The summed E-state index contributed by atoms with van der Waals surface area (Å²) in [5.41, 5.74) is 11.2. The summed E-state index contributed by atoms with van der Waals surface area (Å²) in [5.74, 6) is 4.20. The molecule has 9 aromatic rings. The van der Waals surface area contributed by atoms with E-state index in [-0.39, 0.29) is 0 Å². The first-order chi connectivity index (χ1) is 28.9. The maximum Gasteiger partial charge on any atom is 0.164 e. The molecule has 7 nitrogen and oxygen atoms in total. The highest BCUT2D eigenvalue weighted by molar-refractivity contribution is 5.88. The van der Waals surface area contributed by atoms with Crippen LogP contribution in [-0.4, -0.2) is 29.9 Å². The van der Waals surface area contributed by atoms with Crippen LogP contribution in [0.4, 0.5) is 0 Å². The molecule has 7 heteroatoms.